The van der Waals surface area contributed by atoms with E-state index in [1.807, 2.05) is 25.2 Å². The van der Waals surface area contributed by atoms with Crippen LogP contribution in [0.5, 0.6) is 17.2 Å². The summed E-state index contributed by atoms with van der Waals surface area (Å²) < 4.78 is 16.0. The molecule has 7 nitrogen and oxygen atoms in total. The first-order chi connectivity index (χ1) is 15.1. The zero-order chi connectivity index (χ0) is 22.1. The van der Waals surface area contributed by atoms with Gasteiger partial charge in [0.2, 0.25) is 0 Å². The number of nitrogens with one attached hydrogen (secondary N) is 2. The summed E-state index contributed by atoms with van der Waals surface area (Å²) in [6.07, 6.45) is 3.01. The van der Waals surface area contributed by atoms with E-state index in [0.717, 1.165) is 67.8 Å². The van der Waals surface area contributed by atoms with E-state index in [4.69, 9.17) is 14.2 Å². The summed E-state index contributed by atoms with van der Waals surface area (Å²) in [7, 11) is 6.87. The van der Waals surface area contributed by atoms with E-state index >= 15 is 0 Å². The van der Waals surface area contributed by atoms with E-state index in [1.165, 1.54) is 5.56 Å². The lowest BCUT2D eigenvalue weighted by molar-refractivity contribution is 0.393. The van der Waals surface area contributed by atoms with E-state index in [-0.39, 0.29) is 24.0 Å². The monoisotopic (exact) mass is 554 g/mol. The Hall–Kier alpha value is -2.36. The van der Waals surface area contributed by atoms with Gasteiger partial charge >= 0.3 is 0 Å². The molecular formula is C24H35IN4O3. The van der Waals surface area contributed by atoms with Crippen LogP contribution < -0.4 is 29.7 Å². The van der Waals surface area contributed by atoms with Gasteiger partial charge < -0.3 is 29.7 Å². The molecule has 0 atom stereocenters. The fourth-order valence-electron chi connectivity index (χ4n) is 3.76. The van der Waals surface area contributed by atoms with Crippen molar-refractivity contribution < 1.29 is 14.2 Å². The Labute approximate surface area is 208 Å². The van der Waals surface area contributed by atoms with Gasteiger partial charge in [0.1, 0.15) is 17.2 Å². The molecule has 0 unspecified atom stereocenters. The number of anilines is 1. The maximum absolute atomic E-state index is 5.41. The highest BCUT2D eigenvalue weighted by Crippen LogP contribution is 2.30. The van der Waals surface area contributed by atoms with Crippen molar-refractivity contribution in [2.75, 3.05) is 52.9 Å². The number of piperidine rings is 1. The number of methoxy groups -OCH3 is 3. The highest BCUT2D eigenvalue weighted by Gasteiger charge is 2.21. The van der Waals surface area contributed by atoms with Crippen LogP contribution in [0.25, 0.3) is 0 Å². The maximum atomic E-state index is 5.41. The second-order valence-electron chi connectivity index (χ2n) is 7.57. The summed E-state index contributed by atoms with van der Waals surface area (Å²) in [5.41, 5.74) is 2.41. The summed E-state index contributed by atoms with van der Waals surface area (Å²) in [6.45, 7) is 2.77. The highest BCUT2D eigenvalue weighted by atomic mass is 127. The van der Waals surface area contributed by atoms with Crippen molar-refractivity contribution in [2.24, 2.45) is 4.99 Å². The molecule has 176 valence electrons. The minimum absolute atomic E-state index is 0. The third-order valence-corrected chi connectivity index (χ3v) is 5.63. The van der Waals surface area contributed by atoms with Crippen LogP contribution in [0.15, 0.2) is 47.5 Å². The Balaban J connectivity index is 0.00000363. The summed E-state index contributed by atoms with van der Waals surface area (Å²) in [6, 6.07) is 14.6. The molecule has 2 aromatic rings. The van der Waals surface area contributed by atoms with Gasteiger partial charge in [0.05, 0.1) is 21.3 Å². The van der Waals surface area contributed by atoms with E-state index in [1.54, 1.807) is 21.3 Å². The fourth-order valence-corrected chi connectivity index (χ4v) is 3.76. The van der Waals surface area contributed by atoms with Gasteiger partial charge in [-0.3, -0.25) is 4.99 Å². The van der Waals surface area contributed by atoms with Gasteiger partial charge in [-0.15, -0.1) is 24.0 Å². The van der Waals surface area contributed by atoms with E-state index in [2.05, 4.69) is 44.8 Å². The largest absolute Gasteiger partial charge is 0.497 e. The third-order valence-electron chi connectivity index (χ3n) is 5.63. The molecule has 0 spiro atoms. The molecule has 0 saturated carbocycles. The number of hydrogen-bond acceptors (Lipinski definition) is 5. The highest BCUT2D eigenvalue weighted by molar-refractivity contribution is 14.0. The molecule has 1 fully saturated rings. The zero-order valence-electron chi connectivity index (χ0n) is 19.4. The van der Waals surface area contributed by atoms with Gasteiger partial charge in [0.15, 0.2) is 5.96 Å². The summed E-state index contributed by atoms with van der Waals surface area (Å²) in [5.74, 6) is 3.37. The second kappa shape index (κ2) is 13.2. The van der Waals surface area contributed by atoms with Gasteiger partial charge in [-0.25, -0.2) is 0 Å². The van der Waals surface area contributed by atoms with Crippen LogP contribution in [0.2, 0.25) is 0 Å². The van der Waals surface area contributed by atoms with Crippen molar-refractivity contribution in [1.29, 1.82) is 0 Å². The quantitative estimate of drug-likeness (QED) is 0.295. The van der Waals surface area contributed by atoms with Gasteiger partial charge in [0.25, 0.3) is 0 Å². The SMILES string of the molecule is CN=C(NCCc1ccc(OC)cc1)NC1CCN(c2cc(OC)cc(OC)c2)CC1.I. The van der Waals surface area contributed by atoms with Gasteiger partial charge in [-0.1, -0.05) is 12.1 Å². The molecule has 8 heteroatoms. The van der Waals surface area contributed by atoms with Crippen LogP contribution >= 0.6 is 24.0 Å². The van der Waals surface area contributed by atoms with Crippen LogP contribution in [-0.2, 0) is 6.42 Å². The van der Waals surface area contributed by atoms with Crippen molar-refractivity contribution in [1.82, 2.24) is 10.6 Å². The first-order valence-electron chi connectivity index (χ1n) is 10.7. The number of hydrogen-bond donors (Lipinski definition) is 2. The van der Waals surface area contributed by atoms with Crippen molar-refractivity contribution in [3.8, 4) is 17.2 Å². The minimum atomic E-state index is 0. The molecule has 2 aromatic carbocycles. The van der Waals surface area contributed by atoms with Crippen LogP contribution in [0.1, 0.15) is 18.4 Å². The molecule has 0 amide bonds. The third kappa shape index (κ3) is 7.36. The van der Waals surface area contributed by atoms with Crippen molar-refractivity contribution in [3.63, 3.8) is 0 Å². The number of halogens is 1. The Kier molecular flexibility index (Phi) is 10.7. The molecule has 1 saturated heterocycles. The Morgan fingerprint density at radius 3 is 2.06 bits per heavy atom. The van der Waals surface area contributed by atoms with E-state index < -0.39 is 0 Å². The molecule has 0 aliphatic carbocycles. The number of benzene rings is 2. The first kappa shape index (κ1) is 25.9. The first-order valence-corrected chi connectivity index (χ1v) is 10.7. The number of guanidine groups is 1. The zero-order valence-corrected chi connectivity index (χ0v) is 21.7. The van der Waals surface area contributed by atoms with Gasteiger partial charge in [-0.05, 0) is 37.0 Å². The standard InChI is InChI=1S/C24H34N4O3.HI/c1-25-24(26-12-9-18-5-7-21(29-2)8-6-18)27-19-10-13-28(14-11-19)20-15-22(30-3)17-23(16-20)31-4;/h5-8,15-17,19H,9-14H2,1-4H3,(H2,25,26,27);1H. The number of rotatable bonds is 8. The van der Waals surface area contributed by atoms with Crippen molar-refractivity contribution >= 4 is 35.6 Å². The van der Waals surface area contributed by atoms with Gasteiger partial charge in [-0.2, -0.15) is 0 Å². The summed E-state index contributed by atoms with van der Waals surface area (Å²) in [5, 5.41) is 7.00. The number of aliphatic imine (C=N–C) groups is 1. The second-order valence-corrected chi connectivity index (χ2v) is 7.57. The summed E-state index contributed by atoms with van der Waals surface area (Å²) in [4.78, 5) is 6.77. The average molecular weight is 554 g/mol. The van der Waals surface area contributed by atoms with E-state index in [0.29, 0.717) is 6.04 Å². The Bertz CT molecular complexity index is 831. The van der Waals surface area contributed by atoms with Crippen molar-refractivity contribution in [2.45, 2.75) is 25.3 Å². The molecule has 0 radical (unpaired) electrons. The van der Waals surface area contributed by atoms with E-state index in [9.17, 15) is 0 Å². The molecule has 2 N–H and O–H groups in total. The molecule has 1 heterocycles. The maximum Gasteiger partial charge on any atom is 0.191 e. The predicted molar refractivity (Wildman–Crippen MR) is 141 cm³/mol. The van der Waals surface area contributed by atoms with Gasteiger partial charge in [0, 0.05) is 56.6 Å². The molecule has 3 rings (SSSR count). The molecule has 32 heavy (non-hydrogen) atoms. The minimum Gasteiger partial charge on any atom is -0.497 e. The molecular weight excluding hydrogens is 519 g/mol. The van der Waals surface area contributed by atoms with Crippen LogP contribution in [0.3, 0.4) is 0 Å². The normalized spacial score (nSPS) is 14.4. The lowest BCUT2D eigenvalue weighted by Gasteiger charge is -2.34. The predicted octanol–water partition coefficient (Wildman–Crippen LogP) is 3.71. The Morgan fingerprint density at radius 2 is 1.53 bits per heavy atom. The number of ether oxygens (including phenoxy) is 3. The lowest BCUT2D eigenvalue weighted by Crippen LogP contribution is -2.49. The fraction of sp³-hybridized carbons (Fsp3) is 0.458. The van der Waals surface area contributed by atoms with Crippen molar-refractivity contribution in [3.05, 3.63) is 48.0 Å². The van der Waals surface area contributed by atoms with Crippen LogP contribution in [0, 0.1) is 0 Å². The summed E-state index contributed by atoms with van der Waals surface area (Å²) >= 11 is 0. The lowest BCUT2D eigenvalue weighted by atomic mass is 10.0. The smallest absolute Gasteiger partial charge is 0.191 e. The molecule has 1 aliphatic rings. The molecule has 1 aliphatic heterocycles. The topological polar surface area (TPSA) is 67.4 Å². The Morgan fingerprint density at radius 1 is 0.938 bits per heavy atom. The van der Waals surface area contributed by atoms with Crippen LogP contribution in [-0.4, -0.2) is 60.0 Å². The van der Waals surface area contributed by atoms with Crippen LogP contribution in [0.4, 0.5) is 5.69 Å². The molecule has 0 aromatic heterocycles. The molecule has 0 bridgehead atoms. The average Bonchev–Trinajstić information content (AvgIpc) is 2.83. The number of nitrogens with zero attached hydrogens (tertiary/aromatic N) is 2.